The summed E-state index contributed by atoms with van der Waals surface area (Å²) in [6, 6.07) is 10.1. The molecule has 0 unspecified atom stereocenters. The second-order valence-electron chi connectivity index (χ2n) is 5.47. The van der Waals surface area contributed by atoms with Crippen LogP contribution in [0.15, 0.2) is 42.5 Å². The zero-order valence-corrected chi connectivity index (χ0v) is 14.2. The smallest absolute Gasteiger partial charge is 0.274 e. The van der Waals surface area contributed by atoms with Gasteiger partial charge >= 0.3 is 0 Å². The van der Waals surface area contributed by atoms with Gasteiger partial charge in [-0.1, -0.05) is 35.9 Å². The van der Waals surface area contributed by atoms with Crippen LogP contribution in [0.1, 0.15) is 17.4 Å². The van der Waals surface area contributed by atoms with Gasteiger partial charge in [-0.3, -0.25) is 9.59 Å². The maximum absolute atomic E-state index is 14.0. The predicted molar refractivity (Wildman–Crippen MR) is 95.4 cm³/mol. The second-order valence-corrected chi connectivity index (χ2v) is 5.82. The van der Waals surface area contributed by atoms with Crippen molar-refractivity contribution in [3.8, 4) is 0 Å². The van der Waals surface area contributed by atoms with E-state index in [2.05, 4.69) is 15.6 Å². The zero-order chi connectivity index (χ0) is 18.8. The summed E-state index contributed by atoms with van der Waals surface area (Å²) in [4.78, 5) is 27.5. The van der Waals surface area contributed by atoms with Gasteiger partial charge in [0.2, 0.25) is 5.91 Å². The summed E-state index contributed by atoms with van der Waals surface area (Å²) in [5.41, 5.74) is -0.580. The number of pyridine rings is 1. The standard InChI is InChI=1S/C18H12ClF2N3O2/c1-9(25)22-14-8-15(13(21)7-12(14)20)24-18(26)16-6-10-4-2-3-5-11(10)17(19)23-16/h2-8H,1H3,(H,22,25)(H,24,26). The monoisotopic (exact) mass is 375 g/mol. The van der Waals surface area contributed by atoms with E-state index in [0.29, 0.717) is 16.8 Å². The minimum Gasteiger partial charge on any atom is -0.324 e. The molecule has 1 heterocycles. The highest BCUT2D eigenvalue weighted by atomic mass is 35.5. The average molecular weight is 376 g/mol. The van der Waals surface area contributed by atoms with Crippen LogP contribution in [0, 0.1) is 11.6 Å². The number of rotatable bonds is 3. The van der Waals surface area contributed by atoms with Gasteiger partial charge < -0.3 is 10.6 Å². The molecule has 5 nitrogen and oxygen atoms in total. The average Bonchev–Trinajstić information content (AvgIpc) is 2.58. The maximum Gasteiger partial charge on any atom is 0.274 e. The number of benzene rings is 2. The highest BCUT2D eigenvalue weighted by Crippen LogP contribution is 2.26. The van der Waals surface area contributed by atoms with Gasteiger partial charge in [0, 0.05) is 18.4 Å². The van der Waals surface area contributed by atoms with Gasteiger partial charge in [0.05, 0.1) is 11.4 Å². The molecule has 2 amide bonds. The first-order valence-corrected chi connectivity index (χ1v) is 7.86. The molecule has 132 valence electrons. The summed E-state index contributed by atoms with van der Waals surface area (Å²) in [6.07, 6.45) is 0. The lowest BCUT2D eigenvalue weighted by Gasteiger charge is -2.11. The van der Waals surface area contributed by atoms with Crippen molar-refractivity contribution < 1.29 is 18.4 Å². The van der Waals surface area contributed by atoms with Crippen molar-refractivity contribution in [1.82, 2.24) is 4.98 Å². The third-order valence-electron chi connectivity index (χ3n) is 3.54. The van der Waals surface area contributed by atoms with Gasteiger partial charge in [-0.15, -0.1) is 0 Å². The van der Waals surface area contributed by atoms with Crippen LogP contribution < -0.4 is 10.6 Å². The molecule has 0 aliphatic rings. The maximum atomic E-state index is 14.0. The minimum absolute atomic E-state index is 0.0292. The Hall–Kier alpha value is -3.06. The highest BCUT2D eigenvalue weighted by Gasteiger charge is 2.16. The highest BCUT2D eigenvalue weighted by molar-refractivity contribution is 6.34. The van der Waals surface area contributed by atoms with E-state index in [0.717, 1.165) is 6.07 Å². The van der Waals surface area contributed by atoms with Crippen molar-refractivity contribution in [2.75, 3.05) is 10.6 Å². The van der Waals surface area contributed by atoms with E-state index in [-0.39, 0.29) is 22.2 Å². The quantitative estimate of drug-likeness (QED) is 0.667. The molecule has 0 atom stereocenters. The zero-order valence-electron chi connectivity index (χ0n) is 13.4. The van der Waals surface area contributed by atoms with Crippen molar-refractivity contribution in [2.45, 2.75) is 6.92 Å². The van der Waals surface area contributed by atoms with Crippen LogP contribution in [0.4, 0.5) is 20.2 Å². The minimum atomic E-state index is -0.989. The molecule has 0 spiro atoms. The van der Waals surface area contributed by atoms with Gasteiger partial charge in [0.15, 0.2) is 0 Å². The summed E-state index contributed by atoms with van der Waals surface area (Å²) in [6.45, 7) is 1.18. The molecule has 3 rings (SSSR count). The first kappa shape index (κ1) is 17.8. The van der Waals surface area contributed by atoms with Crippen LogP contribution in [0.2, 0.25) is 5.15 Å². The van der Waals surface area contributed by atoms with Crippen LogP contribution >= 0.6 is 11.6 Å². The van der Waals surface area contributed by atoms with Gasteiger partial charge in [-0.2, -0.15) is 0 Å². The lowest BCUT2D eigenvalue weighted by Crippen LogP contribution is -2.16. The van der Waals surface area contributed by atoms with E-state index >= 15 is 0 Å². The topological polar surface area (TPSA) is 71.1 Å². The third-order valence-corrected chi connectivity index (χ3v) is 3.83. The summed E-state index contributed by atoms with van der Waals surface area (Å²) in [5, 5.41) is 6.02. The first-order chi connectivity index (χ1) is 12.3. The number of nitrogens with one attached hydrogen (secondary N) is 2. The van der Waals surface area contributed by atoms with Crippen LogP contribution in [0.5, 0.6) is 0 Å². The van der Waals surface area contributed by atoms with Crippen LogP contribution in [0.3, 0.4) is 0 Å². The van der Waals surface area contributed by atoms with Crippen molar-refractivity contribution in [2.24, 2.45) is 0 Å². The summed E-state index contributed by atoms with van der Waals surface area (Å²) in [7, 11) is 0. The fourth-order valence-electron chi connectivity index (χ4n) is 2.39. The SMILES string of the molecule is CC(=O)Nc1cc(NC(=O)c2cc3ccccc3c(Cl)n2)c(F)cc1F. The first-order valence-electron chi connectivity index (χ1n) is 7.48. The van der Waals surface area contributed by atoms with Crippen molar-refractivity contribution in [1.29, 1.82) is 0 Å². The van der Waals surface area contributed by atoms with Crippen LogP contribution in [-0.4, -0.2) is 16.8 Å². The molecule has 0 fully saturated rings. The van der Waals surface area contributed by atoms with Crippen molar-refractivity contribution in [3.63, 3.8) is 0 Å². The summed E-state index contributed by atoms with van der Waals surface area (Å²) >= 11 is 6.08. The lowest BCUT2D eigenvalue weighted by atomic mass is 10.1. The molecule has 0 saturated heterocycles. The Morgan fingerprint density at radius 3 is 2.35 bits per heavy atom. The van der Waals surface area contributed by atoms with Gasteiger partial charge in [0.25, 0.3) is 5.91 Å². The molecule has 0 aliphatic carbocycles. The van der Waals surface area contributed by atoms with E-state index < -0.39 is 23.4 Å². The van der Waals surface area contributed by atoms with E-state index in [9.17, 15) is 18.4 Å². The Morgan fingerprint density at radius 2 is 1.65 bits per heavy atom. The number of carbonyl (C=O) groups excluding carboxylic acids is 2. The third kappa shape index (κ3) is 3.62. The molecule has 1 aromatic heterocycles. The number of amides is 2. The Kier molecular flexibility index (Phi) is 4.81. The Morgan fingerprint density at radius 1 is 1.00 bits per heavy atom. The van der Waals surface area contributed by atoms with Crippen LogP contribution in [-0.2, 0) is 4.79 Å². The number of carbonyl (C=O) groups is 2. The molecule has 0 saturated carbocycles. The molecule has 0 bridgehead atoms. The Labute approximate surface area is 152 Å². The second kappa shape index (κ2) is 7.05. The van der Waals surface area contributed by atoms with Crippen LogP contribution in [0.25, 0.3) is 10.8 Å². The fourth-order valence-corrected chi connectivity index (χ4v) is 2.65. The molecule has 8 heteroatoms. The largest absolute Gasteiger partial charge is 0.324 e. The molecule has 2 aromatic carbocycles. The molecule has 26 heavy (non-hydrogen) atoms. The molecule has 2 N–H and O–H groups in total. The van der Waals surface area contributed by atoms with Gasteiger partial charge in [-0.05, 0) is 17.5 Å². The Bertz CT molecular complexity index is 1040. The van der Waals surface area contributed by atoms with Crippen molar-refractivity contribution >= 4 is 45.6 Å². The molecular formula is C18H12ClF2N3O2. The normalized spacial score (nSPS) is 10.6. The fraction of sp³-hybridized carbons (Fsp3) is 0.0556. The summed E-state index contributed by atoms with van der Waals surface area (Å²) in [5.74, 6) is -3.20. The van der Waals surface area contributed by atoms with E-state index in [4.69, 9.17) is 11.6 Å². The molecule has 0 radical (unpaired) electrons. The number of aromatic nitrogens is 1. The van der Waals surface area contributed by atoms with E-state index in [1.165, 1.54) is 13.0 Å². The molecule has 3 aromatic rings. The number of nitrogens with zero attached hydrogens (tertiary/aromatic N) is 1. The Balaban J connectivity index is 1.94. The number of anilines is 2. The number of hydrogen-bond acceptors (Lipinski definition) is 3. The number of halogens is 3. The van der Waals surface area contributed by atoms with E-state index in [1.54, 1.807) is 24.3 Å². The molecular weight excluding hydrogens is 364 g/mol. The predicted octanol–water partition coefficient (Wildman–Crippen LogP) is 4.38. The lowest BCUT2D eigenvalue weighted by molar-refractivity contribution is -0.114. The number of fused-ring (bicyclic) bond motifs is 1. The van der Waals surface area contributed by atoms with Gasteiger partial charge in [-0.25, -0.2) is 13.8 Å². The van der Waals surface area contributed by atoms with E-state index in [1.807, 2.05) is 0 Å². The van der Waals surface area contributed by atoms with Gasteiger partial charge in [0.1, 0.15) is 22.5 Å². The number of hydrogen-bond donors (Lipinski definition) is 2. The summed E-state index contributed by atoms with van der Waals surface area (Å²) < 4.78 is 27.6. The van der Waals surface area contributed by atoms with Crippen molar-refractivity contribution in [3.05, 3.63) is 64.9 Å². The molecule has 0 aliphatic heterocycles.